The lowest BCUT2D eigenvalue weighted by atomic mass is 10.1. The van der Waals surface area contributed by atoms with E-state index >= 15 is 0 Å². The minimum atomic E-state index is -0.958. The van der Waals surface area contributed by atoms with Crippen LogP contribution in [0.2, 0.25) is 0 Å². The molecule has 5 nitrogen and oxygen atoms in total. The van der Waals surface area contributed by atoms with Crippen molar-refractivity contribution in [3.63, 3.8) is 0 Å². The molecule has 1 aromatic heterocycles. The van der Waals surface area contributed by atoms with Crippen LogP contribution < -0.4 is 0 Å². The number of nitrogens with zero attached hydrogens (tertiary/aromatic N) is 1. The van der Waals surface area contributed by atoms with Crippen molar-refractivity contribution in [3.8, 4) is 0 Å². The fourth-order valence-corrected chi connectivity index (χ4v) is 2.19. The van der Waals surface area contributed by atoms with Crippen molar-refractivity contribution in [1.29, 1.82) is 0 Å². The Kier molecular flexibility index (Phi) is 3.89. The zero-order chi connectivity index (χ0) is 14.7. The molecule has 104 valence electrons. The topological polar surface area (TPSA) is 79.5 Å². The van der Waals surface area contributed by atoms with Crippen molar-refractivity contribution < 1.29 is 19.8 Å². The highest BCUT2D eigenvalue weighted by atomic mass is 16.4. The van der Waals surface area contributed by atoms with Crippen LogP contribution >= 0.6 is 0 Å². The van der Waals surface area contributed by atoms with E-state index in [0.29, 0.717) is 18.5 Å². The third kappa shape index (κ3) is 2.71. The van der Waals surface area contributed by atoms with Crippen LogP contribution in [0.5, 0.6) is 0 Å². The van der Waals surface area contributed by atoms with Gasteiger partial charge in [0.15, 0.2) is 0 Å². The lowest BCUT2D eigenvalue weighted by Gasteiger charge is -2.09. The summed E-state index contributed by atoms with van der Waals surface area (Å²) in [5.41, 5.74) is 2.25. The Bertz CT molecular complexity index is 640. The fourth-order valence-electron chi connectivity index (χ4n) is 2.19. The van der Waals surface area contributed by atoms with E-state index in [4.69, 9.17) is 10.2 Å². The van der Waals surface area contributed by atoms with Crippen LogP contribution in [-0.2, 0) is 13.0 Å². The molecule has 0 aliphatic heterocycles. The molecular formula is C15H15NO4. The van der Waals surface area contributed by atoms with E-state index in [2.05, 4.69) is 0 Å². The highest BCUT2D eigenvalue weighted by Crippen LogP contribution is 2.15. The van der Waals surface area contributed by atoms with E-state index in [-0.39, 0.29) is 5.56 Å². The van der Waals surface area contributed by atoms with Gasteiger partial charge in [0.05, 0.1) is 11.1 Å². The van der Waals surface area contributed by atoms with Gasteiger partial charge in [-0.2, -0.15) is 0 Å². The smallest absolute Gasteiger partial charge is 0.337 e. The Hall–Kier alpha value is -2.56. The van der Waals surface area contributed by atoms with Gasteiger partial charge >= 0.3 is 11.9 Å². The summed E-state index contributed by atoms with van der Waals surface area (Å²) in [6, 6.07) is 8.16. The third-order valence-electron chi connectivity index (χ3n) is 3.20. The second kappa shape index (κ2) is 5.61. The van der Waals surface area contributed by atoms with Crippen LogP contribution in [0.25, 0.3) is 0 Å². The second-order valence-corrected chi connectivity index (χ2v) is 4.46. The first-order valence-corrected chi connectivity index (χ1v) is 6.26. The molecule has 0 saturated carbocycles. The molecule has 0 atom stereocenters. The zero-order valence-electron chi connectivity index (χ0n) is 11.0. The first-order valence-electron chi connectivity index (χ1n) is 6.26. The normalized spacial score (nSPS) is 10.4. The van der Waals surface area contributed by atoms with Gasteiger partial charge in [-0.1, -0.05) is 19.1 Å². The van der Waals surface area contributed by atoms with Crippen LogP contribution in [0.4, 0.5) is 0 Å². The van der Waals surface area contributed by atoms with E-state index in [1.54, 1.807) is 36.5 Å². The maximum atomic E-state index is 11.1. The maximum Gasteiger partial charge on any atom is 0.337 e. The Morgan fingerprint density at radius 2 is 1.70 bits per heavy atom. The predicted octanol–water partition coefficient (Wildman–Crippen LogP) is 2.50. The quantitative estimate of drug-likeness (QED) is 0.877. The minimum absolute atomic E-state index is 0.239. The molecule has 0 saturated heterocycles. The van der Waals surface area contributed by atoms with Gasteiger partial charge in [0.1, 0.15) is 0 Å². The van der Waals surface area contributed by atoms with Crippen molar-refractivity contribution in [3.05, 3.63) is 58.9 Å². The zero-order valence-corrected chi connectivity index (χ0v) is 11.0. The number of carboxylic acids is 2. The molecular weight excluding hydrogens is 258 g/mol. The summed E-state index contributed by atoms with van der Waals surface area (Å²) in [6.07, 6.45) is 2.37. The molecule has 0 unspecified atom stereocenters. The molecule has 2 rings (SSSR count). The SMILES string of the molecule is CCc1c(C(=O)O)ccn1Cc1ccc(C(=O)O)cc1. The highest BCUT2D eigenvalue weighted by Gasteiger charge is 2.13. The molecule has 1 heterocycles. The van der Waals surface area contributed by atoms with E-state index in [1.807, 2.05) is 11.5 Å². The fraction of sp³-hybridized carbons (Fsp3) is 0.200. The van der Waals surface area contributed by atoms with Crippen molar-refractivity contribution >= 4 is 11.9 Å². The molecule has 20 heavy (non-hydrogen) atoms. The third-order valence-corrected chi connectivity index (χ3v) is 3.20. The molecule has 0 amide bonds. The van der Waals surface area contributed by atoms with Gasteiger partial charge in [-0.15, -0.1) is 0 Å². The van der Waals surface area contributed by atoms with Crippen molar-refractivity contribution in [2.45, 2.75) is 19.9 Å². The molecule has 2 aromatic rings. The van der Waals surface area contributed by atoms with Gasteiger partial charge in [-0.3, -0.25) is 0 Å². The largest absolute Gasteiger partial charge is 0.478 e. The molecule has 2 N–H and O–H groups in total. The van der Waals surface area contributed by atoms with Crippen molar-refractivity contribution in [2.75, 3.05) is 0 Å². The summed E-state index contributed by atoms with van der Waals surface area (Å²) in [4.78, 5) is 21.9. The summed E-state index contributed by atoms with van der Waals surface area (Å²) in [5, 5.41) is 17.9. The molecule has 0 aliphatic rings. The summed E-state index contributed by atoms with van der Waals surface area (Å²) < 4.78 is 1.87. The number of carbonyl (C=O) groups is 2. The number of hydrogen-bond donors (Lipinski definition) is 2. The summed E-state index contributed by atoms with van der Waals surface area (Å²) in [6.45, 7) is 2.43. The van der Waals surface area contributed by atoms with Crippen molar-refractivity contribution in [2.24, 2.45) is 0 Å². The number of carboxylic acid groups (broad SMARTS) is 2. The van der Waals surface area contributed by atoms with Crippen LogP contribution in [-0.4, -0.2) is 26.7 Å². The van der Waals surface area contributed by atoms with Gasteiger partial charge < -0.3 is 14.8 Å². The number of aromatic carboxylic acids is 2. The van der Waals surface area contributed by atoms with Gasteiger partial charge in [0.25, 0.3) is 0 Å². The van der Waals surface area contributed by atoms with E-state index < -0.39 is 11.9 Å². The van der Waals surface area contributed by atoms with Crippen LogP contribution in [0.15, 0.2) is 36.5 Å². The van der Waals surface area contributed by atoms with Gasteiger partial charge in [0.2, 0.25) is 0 Å². The second-order valence-electron chi connectivity index (χ2n) is 4.46. The summed E-state index contributed by atoms with van der Waals surface area (Å²) in [5.74, 6) is -1.89. The molecule has 0 spiro atoms. The highest BCUT2D eigenvalue weighted by molar-refractivity contribution is 5.89. The first kappa shape index (κ1) is 13.9. The molecule has 1 aromatic carbocycles. The van der Waals surface area contributed by atoms with E-state index in [0.717, 1.165) is 11.3 Å². The molecule has 0 bridgehead atoms. The Morgan fingerprint density at radius 3 is 2.20 bits per heavy atom. The first-order chi connectivity index (χ1) is 9.52. The lowest BCUT2D eigenvalue weighted by Crippen LogP contribution is -2.07. The molecule has 5 heteroatoms. The monoisotopic (exact) mass is 273 g/mol. The van der Waals surface area contributed by atoms with Gasteiger partial charge in [0, 0.05) is 18.4 Å². The molecule has 0 fully saturated rings. The molecule has 0 aliphatic carbocycles. The van der Waals surface area contributed by atoms with E-state index in [1.165, 1.54) is 0 Å². The van der Waals surface area contributed by atoms with Crippen LogP contribution in [0.1, 0.15) is 38.9 Å². The molecule has 0 radical (unpaired) electrons. The number of hydrogen-bond acceptors (Lipinski definition) is 2. The average Bonchev–Trinajstić information content (AvgIpc) is 2.82. The predicted molar refractivity (Wildman–Crippen MR) is 73.3 cm³/mol. The number of rotatable bonds is 5. The minimum Gasteiger partial charge on any atom is -0.478 e. The number of benzene rings is 1. The summed E-state index contributed by atoms with van der Waals surface area (Å²) in [7, 11) is 0. The average molecular weight is 273 g/mol. The van der Waals surface area contributed by atoms with E-state index in [9.17, 15) is 9.59 Å². The Morgan fingerprint density at radius 1 is 1.05 bits per heavy atom. The van der Waals surface area contributed by atoms with Crippen molar-refractivity contribution in [1.82, 2.24) is 4.57 Å². The standard InChI is InChI=1S/C15H15NO4/c1-2-13-12(15(19)20)7-8-16(13)9-10-3-5-11(6-4-10)14(17)18/h3-8H,2,9H2,1H3,(H,17,18)(H,19,20). The van der Waals surface area contributed by atoms with Gasteiger partial charge in [-0.05, 0) is 30.2 Å². The number of aromatic nitrogens is 1. The lowest BCUT2D eigenvalue weighted by molar-refractivity contribution is 0.0685. The van der Waals surface area contributed by atoms with Crippen LogP contribution in [0, 0.1) is 0 Å². The van der Waals surface area contributed by atoms with Gasteiger partial charge in [-0.25, -0.2) is 9.59 Å². The van der Waals surface area contributed by atoms with Crippen LogP contribution in [0.3, 0.4) is 0 Å². The summed E-state index contributed by atoms with van der Waals surface area (Å²) >= 11 is 0. The maximum absolute atomic E-state index is 11.1. The Balaban J connectivity index is 2.26. The Labute approximate surface area is 116 Å².